The van der Waals surface area contributed by atoms with Gasteiger partial charge in [0, 0.05) is 31.3 Å². The number of hydrogen-bond donors (Lipinski definition) is 2. The molecule has 1 aliphatic rings. The minimum atomic E-state index is -0.807. The highest BCUT2D eigenvalue weighted by molar-refractivity contribution is 5.94. The highest BCUT2D eigenvalue weighted by atomic mass is 19.1. The van der Waals surface area contributed by atoms with Gasteiger partial charge in [-0.05, 0) is 30.4 Å². The van der Waals surface area contributed by atoms with E-state index in [0.717, 1.165) is 12.5 Å². The van der Waals surface area contributed by atoms with Gasteiger partial charge in [-0.3, -0.25) is 0 Å². The van der Waals surface area contributed by atoms with E-state index in [2.05, 4.69) is 5.32 Å². The molecule has 0 bridgehead atoms. The molecule has 0 aliphatic carbocycles. The maximum absolute atomic E-state index is 14.3. The second-order valence-corrected chi connectivity index (χ2v) is 6.22. The molecule has 132 valence electrons. The largest absolute Gasteiger partial charge is 0.396 e. The van der Waals surface area contributed by atoms with Gasteiger partial charge in [0.05, 0.1) is 5.69 Å². The Labute approximate surface area is 145 Å². The average molecular weight is 346 g/mol. The Morgan fingerprint density at radius 3 is 2.72 bits per heavy atom. The molecule has 1 aliphatic heterocycles. The Hall–Kier alpha value is -2.47. The first-order valence-electron chi connectivity index (χ1n) is 8.29. The van der Waals surface area contributed by atoms with E-state index in [4.69, 9.17) is 5.11 Å². The number of likely N-dealkylation sites (tertiary alicyclic amines) is 1. The van der Waals surface area contributed by atoms with Crippen LogP contribution in [-0.4, -0.2) is 35.7 Å². The number of urea groups is 1. The van der Waals surface area contributed by atoms with Crippen molar-refractivity contribution in [3.63, 3.8) is 0 Å². The Balaban J connectivity index is 1.84. The summed E-state index contributed by atoms with van der Waals surface area (Å²) in [4.78, 5) is 14.1. The second kappa shape index (κ2) is 7.61. The number of hydrogen-bond acceptors (Lipinski definition) is 2. The van der Waals surface area contributed by atoms with E-state index in [9.17, 15) is 13.6 Å². The molecule has 2 aromatic carbocycles. The van der Waals surface area contributed by atoms with Crippen molar-refractivity contribution in [1.82, 2.24) is 4.90 Å². The SMILES string of the molecule is O=C(Nc1c(F)cc(F)cc1-c1ccccc1)N1CC[C@@H](CCO)C1. The van der Waals surface area contributed by atoms with Gasteiger partial charge in [0.25, 0.3) is 0 Å². The molecule has 2 aromatic rings. The van der Waals surface area contributed by atoms with Gasteiger partial charge < -0.3 is 15.3 Å². The molecule has 0 radical (unpaired) electrons. The van der Waals surface area contributed by atoms with Crippen LogP contribution in [0.3, 0.4) is 0 Å². The van der Waals surface area contributed by atoms with Crippen LogP contribution in [-0.2, 0) is 0 Å². The highest BCUT2D eigenvalue weighted by Gasteiger charge is 2.27. The molecule has 1 heterocycles. The summed E-state index contributed by atoms with van der Waals surface area (Å²) >= 11 is 0. The lowest BCUT2D eigenvalue weighted by molar-refractivity contribution is 0.217. The quantitative estimate of drug-likeness (QED) is 0.883. The van der Waals surface area contributed by atoms with E-state index < -0.39 is 17.7 Å². The van der Waals surface area contributed by atoms with E-state index in [1.54, 1.807) is 29.2 Å². The number of carbonyl (C=O) groups is 1. The van der Waals surface area contributed by atoms with Crippen LogP contribution in [0, 0.1) is 17.6 Å². The van der Waals surface area contributed by atoms with Crippen LogP contribution in [0.15, 0.2) is 42.5 Å². The van der Waals surface area contributed by atoms with Gasteiger partial charge in [-0.1, -0.05) is 30.3 Å². The van der Waals surface area contributed by atoms with Crippen LogP contribution in [0.1, 0.15) is 12.8 Å². The van der Waals surface area contributed by atoms with Crippen molar-refractivity contribution in [2.45, 2.75) is 12.8 Å². The average Bonchev–Trinajstić information content (AvgIpc) is 3.07. The summed E-state index contributed by atoms with van der Waals surface area (Å²) in [5.74, 6) is -1.25. The molecule has 1 atom stereocenters. The summed E-state index contributed by atoms with van der Waals surface area (Å²) in [6.45, 7) is 1.17. The number of rotatable bonds is 4. The fourth-order valence-electron chi connectivity index (χ4n) is 3.17. The third kappa shape index (κ3) is 3.96. The third-order valence-corrected chi connectivity index (χ3v) is 4.48. The van der Waals surface area contributed by atoms with Gasteiger partial charge in [-0.25, -0.2) is 13.6 Å². The molecule has 0 unspecified atom stereocenters. The number of benzene rings is 2. The Bertz CT molecular complexity index is 753. The molecule has 2 amide bonds. The lowest BCUT2D eigenvalue weighted by Crippen LogP contribution is -2.33. The van der Waals surface area contributed by atoms with Crippen LogP contribution >= 0.6 is 0 Å². The Kier molecular flexibility index (Phi) is 5.28. The predicted molar refractivity (Wildman–Crippen MR) is 92.2 cm³/mol. The molecule has 4 nitrogen and oxygen atoms in total. The van der Waals surface area contributed by atoms with Crippen LogP contribution in [0.25, 0.3) is 11.1 Å². The number of aliphatic hydroxyl groups is 1. The number of aliphatic hydroxyl groups excluding tert-OH is 1. The molecule has 0 spiro atoms. The molecule has 25 heavy (non-hydrogen) atoms. The molecular formula is C19H20F2N2O2. The number of nitrogens with one attached hydrogen (secondary N) is 1. The zero-order valence-corrected chi connectivity index (χ0v) is 13.7. The number of anilines is 1. The van der Waals surface area contributed by atoms with Crippen molar-refractivity contribution < 1.29 is 18.7 Å². The van der Waals surface area contributed by atoms with Gasteiger partial charge in [0.1, 0.15) is 11.6 Å². The monoisotopic (exact) mass is 346 g/mol. The minimum Gasteiger partial charge on any atom is -0.396 e. The summed E-state index contributed by atoms with van der Waals surface area (Å²) in [5, 5.41) is 11.6. The topological polar surface area (TPSA) is 52.6 Å². The fourth-order valence-corrected chi connectivity index (χ4v) is 3.17. The van der Waals surface area contributed by atoms with E-state index in [0.29, 0.717) is 30.6 Å². The molecule has 1 saturated heterocycles. The molecule has 0 saturated carbocycles. The normalized spacial score (nSPS) is 16.9. The summed E-state index contributed by atoms with van der Waals surface area (Å²) in [6, 6.07) is 10.4. The van der Waals surface area contributed by atoms with Gasteiger partial charge in [-0.2, -0.15) is 0 Å². The van der Waals surface area contributed by atoms with Gasteiger partial charge in [-0.15, -0.1) is 0 Å². The van der Waals surface area contributed by atoms with Crippen LogP contribution in [0.2, 0.25) is 0 Å². The Morgan fingerprint density at radius 1 is 1.24 bits per heavy atom. The first-order valence-corrected chi connectivity index (χ1v) is 8.29. The molecule has 6 heteroatoms. The number of nitrogens with zero attached hydrogens (tertiary/aromatic N) is 1. The predicted octanol–water partition coefficient (Wildman–Crippen LogP) is 3.87. The summed E-state index contributed by atoms with van der Waals surface area (Å²) in [6.07, 6.45) is 1.45. The summed E-state index contributed by atoms with van der Waals surface area (Å²) in [7, 11) is 0. The standard InChI is InChI=1S/C19H20F2N2O2/c20-15-10-16(14-4-2-1-3-5-14)18(17(21)11-15)22-19(25)23-8-6-13(12-23)7-9-24/h1-5,10-11,13,24H,6-9,12H2,(H,22,25)/t13-/m0/s1. The van der Waals surface area contributed by atoms with Crippen molar-refractivity contribution in [3.05, 3.63) is 54.1 Å². The first-order chi connectivity index (χ1) is 12.1. The van der Waals surface area contributed by atoms with E-state index in [1.165, 1.54) is 6.07 Å². The van der Waals surface area contributed by atoms with Crippen molar-refractivity contribution >= 4 is 11.7 Å². The van der Waals surface area contributed by atoms with Gasteiger partial charge >= 0.3 is 6.03 Å². The second-order valence-electron chi connectivity index (χ2n) is 6.22. The fraction of sp³-hybridized carbons (Fsp3) is 0.316. The van der Waals surface area contributed by atoms with E-state index in [1.807, 2.05) is 6.07 Å². The zero-order chi connectivity index (χ0) is 17.8. The van der Waals surface area contributed by atoms with Crippen molar-refractivity contribution in [2.75, 3.05) is 25.0 Å². The molecule has 2 N–H and O–H groups in total. The number of carbonyl (C=O) groups excluding carboxylic acids is 1. The maximum atomic E-state index is 14.3. The molecule has 3 rings (SSSR count). The van der Waals surface area contributed by atoms with Gasteiger partial charge in [0.15, 0.2) is 0 Å². The van der Waals surface area contributed by atoms with Crippen molar-refractivity contribution in [2.24, 2.45) is 5.92 Å². The smallest absolute Gasteiger partial charge is 0.321 e. The van der Waals surface area contributed by atoms with E-state index in [-0.39, 0.29) is 18.2 Å². The lowest BCUT2D eigenvalue weighted by atomic mass is 10.0. The van der Waals surface area contributed by atoms with Gasteiger partial charge in [0.2, 0.25) is 0 Å². The van der Waals surface area contributed by atoms with Crippen LogP contribution < -0.4 is 5.32 Å². The van der Waals surface area contributed by atoms with Crippen molar-refractivity contribution in [3.8, 4) is 11.1 Å². The number of halogens is 2. The van der Waals surface area contributed by atoms with Crippen molar-refractivity contribution in [1.29, 1.82) is 0 Å². The van der Waals surface area contributed by atoms with Crippen LogP contribution in [0.5, 0.6) is 0 Å². The lowest BCUT2D eigenvalue weighted by Gasteiger charge is -2.19. The summed E-state index contributed by atoms with van der Waals surface area (Å²) in [5.41, 5.74) is 0.900. The highest BCUT2D eigenvalue weighted by Crippen LogP contribution is 2.32. The maximum Gasteiger partial charge on any atom is 0.321 e. The molecule has 0 aromatic heterocycles. The minimum absolute atomic E-state index is 0.0248. The third-order valence-electron chi connectivity index (χ3n) is 4.48. The van der Waals surface area contributed by atoms with Crippen LogP contribution in [0.4, 0.5) is 19.3 Å². The molecular weight excluding hydrogens is 326 g/mol. The Morgan fingerprint density at radius 2 is 2.00 bits per heavy atom. The summed E-state index contributed by atoms with van der Waals surface area (Å²) < 4.78 is 28.0. The number of amides is 2. The zero-order valence-electron chi connectivity index (χ0n) is 13.7. The van der Waals surface area contributed by atoms with E-state index >= 15 is 0 Å². The first kappa shape index (κ1) is 17.4. The molecule has 1 fully saturated rings.